The van der Waals surface area contributed by atoms with Crippen LogP contribution >= 0.6 is 0 Å². The lowest BCUT2D eigenvalue weighted by atomic mass is 9.96. The molecule has 0 spiro atoms. The lowest BCUT2D eigenvalue weighted by Crippen LogP contribution is -2.42. The Labute approximate surface area is 184 Å². The Bertz CT molecular complexity index is 1060. The van der Waals surface area contributed by atoms with Gasteiger partial charge >= 0.3 is 0 Å². The van der Waals surface area contributed by atoms with Gasteiger partial charge in [0.1, 0.15) is 5.76 Å². The highest BCUT2D eigenvalue weighted by Gasteiger charge is 2.46. The molecule has 0 aliphatic carbocycles. The van der Waals surface area contributed by atoms with Crippen molar-refractivity contribution < 1.29 is 28.9 Å². The summed E-state index contributed by atoms with van der Waals surface area (Å²) in [4.78, 5) is 34.0. The highest BCUT2D eigenvalue weighted by Crippen LogP contribution is 2.41. The number of pyridine rings is 1. The second kappa shape index (κ2) is 8.60. The number of aliphatic hydroxyl groups excluding tert-OH is 1. The fraction of sp³-hybridized carbons (Fsp3) is 0.348. The lowest BCUT2D eigenvalue weighted by Gasteiger charge is -2.30. The van der Waals surface area contributed by atoms with Crippen molar-refractivity contribution >= 4 is 17.4 Å². The number of benzene rings is 1. The third-order valence-corrected chi connectivity index (χ3v) is 5.95. The van der Waals surface area contributed by atoms with Gasteiger partial charge in [-0.25, -0.2) is 0 Å². The number of aliphatic hydroxyl groups is 1. The number of hydrogen-bond donors (Lipinski definition) is 1. The largest absolute Gasteiger partial charge is 0.507 e. The first-order valence-electron chi connectivity index (χ1n) is 10.5. The zero-order valence-electron chi connectivity index (χ0n) is 17.4. The van der Waals surface area contributed by atoms with E-state index in [1.165, 1.54) is 4.90 Å². The van der Waals surface area contributed by atoms with Crippen LogP contribution in [-0.2, 0) is 14.3 Å². The number of carbonyl (C=O) groups is 2. The van der Waals surface area contributed by atoms with Crippen molar-refractivity contribution in [3.05, 3.63) is 59.4 Å². The molecular weight excluding hydrogens is 414 g/mol. The molecule has 2 saturated heterocycles. The average molecular weight is 437 g/mol. The number of amides is 1. The van der Waals surface area contributed by atoms with Gasteiger partial charge in [-0.15, -0.1) is 0 Å². The maximum atomic E-state index is 13.1. The van der Waals surface area contributed by atoms with E-state index < -0.39 is 17.7 Å². The van der Waals surface area contributed by atoms with Gasteiger partial charge in [-0.1, -0.05) is 6.07 Å². The Morgan fingerprint density at radius 2 is 1.91 bits per heavy atom. The Morgan fingerprint density at radius 1 is 1.09 bits per heavy atom. The molecule has 1 atom stereocenters. The number of carbonyl (C=O) groups excluding carboxylic acids is 2. The van der Waals surface area contributed by atoms with E-state index in [1.54, 1.807) is 42.7 Å². The van der Waals surface area contributed by atoms with Gasteiger partial charge in [0.25, 0.3) is 11.7 Å². The number of ether oxygens (including phenoxy) is 3. The summed E-state index contributed by atoms with van der Waals surface area (Å²) in [6.07, 6.45) is 3.24. The van der Waals surface area contributed by atoms with Gasteiger partial charge < -0.3 is 24.2 Å². The Kier molecular flexibility index (Phi) is 5.50. The van der Waals surface area contributed by atoms with Gasteiger partial charge in [-0.05, 0) is 29.8 Å². The van der Waals surface area contributed by atoms with Crippen molar-refractivity contribution in [3.63, 3.8) is 0 Å². The minimum Gasteiger partial charge on any atom is -0.507 e. The lowest BCUT2D eigenvalue weighted by molar-refractivity contribution is -0.140. The molecule has 2 fully saturated rings. The fourth-order valence-electron chi connectivity index (χ4n) is 4.27. The van der Waals surface area contributed by atoms with Crippen LogP contribution in [0.2, 0.25) is 0 Å². The van der Waals surface area contributed by atoms with E-state index in [-0.39, 0.29) is 18.1 Å². The van der Waals surface area contributed by atoms with E-state index in [4.69, 9.17) is 14.2 Å². The van der Waals surface area contributed by atoms with Gasteiger partial charge in [-0.2, -0.15) is 0 Å². The first-order chi connectivity index (χ1) is 15.6. The highest BCUT2D eigenvalue weighted by atomic mass is 16.7. The first-order valence-corrected chi connectivity index (χ1v) is 10.5. The number of rotatable bonds is 5. The predicted octanol–water partition coefficient (Wildman–Crippen LogP) is 1.56. The van der Waals surface area contributed by atoms with Gasteiger partial charge in [0.2, 0.25) is 6.79 Å². The normalized spacial score (nSPS) is 22.5. The van der Waals surface area contributed by atoms with Crippen LogP contribution in [0.3, 0.4) is 0 Å². The predicted molar refractivity (Wildman–Crippen MR) is 113 cm³/mol. The molecule has 3 aliphatic rings. The highest BCUT2D eigenvalue weighted by molar-refractivity contribution is 6.46. The Morgan fingerprint density at radius 3 is 2.69 bits per heavy atom. The molecule has 0 saturated carbocycles. The van der Waals surface area contributed by atoms with Crippen molar-refractivity contribution in [2.75, 3.05) is 46.2 Å². The Balaban J connectivity index is 1.52. The number of likely N-dealkylation sites (tertiary alicyclic amines) is 1. The van der Waals surface area contributed by atoms with Crippen molar-refractivity contribution in [3.8, 4) is 11.5 Å². The third kappa shape index (κ3) is 3.69. The molecule has 32 heavy (non-hydrogen) atoms. The SMILES string of the molecule is O=C1C(=O)N(CCN2CCOCC2)[C@@H](c2cccnc2)C1=C(O)c1ccc2c(c1)OCO2. The minimum atomic E-state index is -0.727. The van der Waals surface area contributed by atoms with E-state index in [0.717, 1.165) is 13.1 Å². The molecule has 0 unspecified atom stereocenters. The van der Waals surface area contributed by atoms with E-state index in [1.807, 2.05) is 0 Å². The second-order valence-electron chi connectivity index (χ2n) is 7.80. The third-order valence-electron chi connectivity index (χ3n) is 5.95. The molecule has 2 aromatic rings. The van der Waals surface area contributed by atoms with Gasteiger partial charge in [0.15, 0.2) is 11.5 Å². The van der Waals surface area contributed by atoms with E-state index in [0.29, 0.717) is 48.9 Å². The second-order valence-corrected chi connectivity index (χ2v) is 7.80. The monoisotopic (exact) mass is 437 g/mol. The molecule has 1 amide bonds. The van der Waals surface area contributed by atoms with Gasteiger partial charge in [0, 0.05) is 44.1 Å². The van der Waals surface area contributed by atoms with Gasteiger partial charge in [0.05, 0.1) is 24.8 Å². The van der Waals surface area contributed by atoms with Crippen molar-refractivity contribution in [1.29, 1.82) is 0 Å². The minimum absolute atomic E-state index is 0.0452. The van der Waals surface area contributed by atoms with Crippen LogP contribution in [0.25, 0.3) is 5.76 Å². The molecule has 166 valence electrons. The summed E-state index contributed by atoms with van der Waals surface area (Å²) in [6, 6.07) is 7.75. The number of ketones is 1. The summed E-state index contributed by atoms with van der Waals surface area (Å²) in [5, 5.41) is 11.1. The molecule has 1 N–H and O–H groups in total. The number of fused-ring (bicyclic) bond motifs is 1. The maximum absolute atomic E-state index is 13.1. The first kappa shape index (κ1) is 20.5. The molecule has 1 aromatic carbocycles. The number of nitrogens with zero attached hydrogens (tertiary/aromatic N) is 3. The van der Waals surface area contributed by atoms with Crippen molar-refractivity contribution in [2.24, 2.45) is 0 Å². The zero-order chi connectivity index (χ0) is 22.1. The quantitative estimate of drug-likeness (QED) is 0.427. The van der Waals surface area contributed by atoms with Crippen LogP contribution in [0.5, 0.6) is 11.5 Å². The van der Waals surface area contributed by atoms with Crippen LogP contribution in [0, 0.1) is 0 Å². The van der Waals surface area contributed by atoms with Crippen LogP contribution in [0.4, 0.5) is 0 Å². The summed E-state index contributed by atoms with van der Waals surface area (Å²) in [5.41, 5.74) is 1.09. The molecule has 5 rings (SSSR count). The molecule has 1 aromatic heterocycles. The average Bonchev–Trinajstić information content (AvgIpc) is 3.40. The smallest absolute Gasteiger partial charge is 0.295 e. The molecule has 0 bridgehead atoms. The van der Waals surface area contributed by atoms with E-state index >= 15 is 0 Å². The Hall–Kier alpha value is -3.43. The number of aromatic nitrogens is 1. The molecular formula is C23H23N3O6. The molecule has 9 heteroatoms. The standard InChI is InChI=1S/C23H23N3O6/c27-21(15-3-4-17-18(12-15)32-14-31-17)19-20(16-2-1-5-24-13-16)26(23(29)22(19)28)7-6-25-8-10-30-11-9-25/h1-5,12-13,20,27H,6-11,14H2/t20-/m0/s1. The maximum Gasteiger partial charge on any atom is 0.295 e. The van der Waals surface area contributed by atoms with Crippen molar-refractivity contribution in [1.82, 2.24) is 14.8 Å². The zero-order valence-corrected chi connectivity index (χ0v) is 17.4. The van der Waals surface area contributed by atoms with Crippen LogP contribution in [0.1, 0.15) is 17.2 Å². The summed E-state index contributed by atoms with van der Waals surface area (Å²) in [6.45, 7) is 3.90. The summed E-state index contributed by atoms with van der Waals surface area (Å²) >= 11 is 0. The van der Waals surface area contributed by atoms with E-state index in [2.05, 4.69) is 9.88 Å². The summed E-state index contributed by atoms with van der Waals surface area (Å²) in [7, 11) is 0. The van der Waals surface area contributed by atoms with Crippen LogP contribution < -0.4 is 9.47 Å². The number of hydrogen-bond acceptors (Lipinski definition) is 8. The molecule has 0 radical (unpaired) electrons. The molecule has 4 heterocycles. The molecule has 9 nitrogen and oxygen atoms in total. The topological polar surface area (TPSA) is 101 Å². The van der Waals surface area contributed by atoms with Gasteiger partial charge in [-0.3, -0.25) is 19.5 Å². The number of morpholine rings is 1. The summed E-state index contributed by atoms with van der Waals surface area (Å²) in [5.74, 6) is -0.542. The van der Waals surface area contributed by atoms with Crippen LogP contribution in [-0.4, -0.2) is 77.8 Å². The van der Waals surface area contributed by atoms with Crippen LogP contribution in [0.15, 0.2) is 48.3 Å². The molecule has 3 aliphatic heterocycles. The fourth-order valence-corrected chi connectivity index (χ4v) is 4.27. The number of Topliss-reactive ketones (excluding diaryl/α,β-unsaturated/α-hetero) is 1. The van der Waals surface area contributed by atoms with Crippen molar-refractivity contribution in [2.45, 2.75) is 6.04 Å². The van der Waals surface area contributed by atoms with E-state index in [9.17, 15) is 14.7 Å². The summed E-state index contributed by atoms with van der Waals surface area (Å²) < 4.78 is 16.1.